The molecule has 1 atom stereocenters. The molecule has 9 rings (SSSR count). The van der Waals surface area contributed by atoms with E-state index in [0.717, 1.165) is 62.3 Å². The second kappa shape index (κ2) is 14.8. The van der Waals surface area contributed by atoms with Crippen LogP contribution in [0, 0.1) is 5.92 Å². The molecule has 0 fully saturated rings. The molecule has 2 aliphatic rings. The molecule has 0 saturated carbocycles. The van der Waals surface area contributed by atoms with Crippen LogP contribution in [0.25, 0.3) is 33.5 Å². The van der Waals surface area contributed by atoms with Gasteiger partial charge in [-0.1, -0.05) is 202 Å². The Labute approximate surface area is 336 Å². The lowest BCUT2D eigenvalue weighted by Crippen LogP contribution is -2.29. The topological polar surface area (TPSA) is 32.6 Å². The average molecular weight is 736 g/mol. The van der Waals surface area contributed by atoms with Crippen LogP contribution in [-0.4, -0.2) is 10.8 Å². The van der Waals surface area contributed by atoms with Crippen molar-refractivity contribution >= 4 is 17.0 Å². The van der Waals surface area contributed by atoms with Crippen molar-refractivity contribution in [2.24, 2.45) is 10.9 Å². The van der Waals surface area contributed by atoms with Crippen LogP contribution in [-0.2, 0) is 11.0 Å². The maximum atomic E-state index is 13.1. The molecule has 0 spiro atoms. The first-order valence-electron chi connectivity index (χ1n) is 19.8. The summed E-state index contributed by atoms with van der Waals surface area (Å²) in [5, 5.41) is 13.1. The molecule has 7 aromatic carbocycles. The summed E-state index contributed by atoms with van der Waals surface area (Å²) in [5.41, 5.74) is 14.5. The van der Waals surface area contributed by atoms with Crippen molar-refractivity contribution in [3.05, 3.63) is 251 Å². The van der Waals surface area contributed by atoms with Crippen LogP contribution in [0.2, 0.25) is 0 Å². The molecule has 2 nitrogen and oxygen atoms in total. The van der Waals surface area contributed by atoms with Crippen molar-refractivity contribution in [3.63, 3.8) is 0 Å². The monoisotopic (exact) mass is 735 g/mol. The van der Waals surface area contributed by atoms with Crippen LogP contribution in [0.4, 0.5) is 0 Å². The molecule has 0 saturated heterocycles. The van der Waals surface area contributed by atoms with Crippen LogP contribution < -0.4 is 0 Å². The fourth-order valence-electron chi connectivity index (χ4n) is 8.96. The number of hydrogen-bond acceptors (Lipinski definition) is 2. The number of hydrogen-bond donors (Lipinski definition) is 1. The van der Waals surface area contributed by atoms with E-state index in [1.165, 1.54) is 27.8 Å². The van der Waals surface area contributed by atoms with Gasteiger partial charge in [-0.15, -0.1) is 6.58 Å². The Bertz CT molecular complexity index is 2630. The quantitative estimate of drug-likeness (QED) is 0.122. The number of benzene rings is 7. The highest BCUT2D eigenvalue weighted by atomic mass is 16.3. The minimum absolute atomic E-state index is 0.0623. The van der Waals surface area contributed by atoms with Crippen molar-refractivity contribution in [3.8, 4) is 22.3 Å². The standard InChI is InChI=1S/C55H45NO/c1-4-38-35-43(39-19-9-5-10-20-39)33-34-51(56-53(38)42-21-11-6-12-22-42)41-31-29-40(30-32-41)48-36-46(37-49-47-27-17-18-28-50(47)54(2,3)52(48)49)55(57,44-23-13-7-14-24-44)45-25-15-8-16-26-45/h4-32,34-38,57H,1,33H2,2-3H3/b43-35+,51-34-,56-53?. The van der Waals surface area contributed by atoms with Crippen molar-refractivity contribution < 1.29 is 5.11 Å². The maximum Gasteiger partial charge on any atom is 0.140 e. The lowest BCUT2D eigenvalue weighted by molar-refractivity contribution is 0.126. The Morgan fingerprint density at radius 1 is 0.579 bits per heavy atom. The minimum atomic E-state index is -1.38. The third-order valence-electron chi connectivity index (χ3n) is 11.9. The zero-order valence-electron chi connectivity index (χ0n) is 32.4. The van der Waals surface area contributed by atoms with Gasteiger partial charge in [0.2, 0.25) is 0 Å². The smallest absolute Gasteiger partial charge is 0.140 e. The van der Waals surface area contributed by atoms with Crippen LogP contribution in [0.15, 0.2) is 212 Å². The van der Waals surface area contributed by atoms with E-state index in [2.05, 4.69) is 148 Å². The molecular weight excluding hydrogens is 691 g/mol. The van der Waals surface area contributed by atoms with Crippen LogP contribution in [0.3, 0.4) is 0 Å². The molecule has 0 bridgehead atoms. The van der Waals surface area contributed by atoms with E-state index in [-0.39, 0.29) is 11.3 Å². The van der Waals surface area contributed by atoms with E-state index in [1.807, 2.05) is 72.8 Å². The average Bonchev–Trinajstić information content (AvgIpc) is 3.50. The number of fused-ring (bicyclic) bond motifs is 3. The van der Waals surface area contributed by atoms with Crippen molar-refractivity contribution in [2.45, 2.75) is 31.3 Å². The molecule has 0 radical (unpaired) electrons. The summed E-state index contributed by atoms with van der Waals surface area (Å²) in [6.45, 7) is 8.90. The minimum Gasteiger partial charge on any atom is -0.376 e. The summed E-state index contributed by atoms with van der Waals surface area (Å²) < 4.78 is 0. The number of nitrogens with zero attached hydrogens (tertiary/aromatic N) is 1. The fraction of sp³-hybridized carbons (Fsp3) is 0.109. The van der Waals surface area contributed by atoms with Crippen molar-refractivity contribution in [1.82, 2.24) is 0 Å². The molecular formula is C55H45NO. The Kier molecular flexibility index (Phi) is 9.36. The Hall–Kier alpha value is -6.61. The predicted octanol–water partition coefficient (Wildman–Crippen LogP) is 13.1. The highest BCUT2D eigenvalue weighted by Crippen LogP contribution is 2.54. The summed E-state index contributed by atoms with van der Waals surface area (Å²) in [6, 6.07) is 63.2. The second-order valence-corrected chi connectivity index (χ2v) is 15.6. The largest absolute Gasteiger partial charge is 0.376 e. The molecule has 2 heteroatoms. The molecule has 7 aromatic rings. The zero-order chi connectivity index (χ0) is 39.0. The third-order valence-corrected chi connectivity index (χ3v) is 11.9. The fourth-order valence-corrected chi connectivity index (χ4v) is 8.96. The van der Waals surface area contributed by atoms with Gasteiger partial charge in [-0.05, 0) is 90.9 Å². The van der Waals surface area contributed by atoms with Crippen LogP contribution in [0.1, 0.15) is 64.8 Å². The van der Waals surface area contributed by atoms with E-state index >= 15 is 0 Å². The van der Waals surface area contributed by atoms with Gasteiger partial charge in [0.25, 0.3) is 0 Å². The van der Waals surface area contributed by atoms with E-state index in [1.54, 1.807) is 0 Å². The summed E-state index contributed by atoms with van der Waals surface area (Å²) in [4.78, 5) is 5.41. The molecule has 1 heterocycles. The third kappa shape index (κ3) is 6.43. The second-order valence-electron chi connectivity index (χ2n) is 15.6. The molecule has 0 amide bonds. The molecule has 1 aliphatic heterocycles. The number of allylic oxidation sites excluding steroid dienone is 4. The van der Waals surface area contributed by atoms with Crippen molar-refractivity contribution in [2.75, 3.05) is 0 Å². The van der Waals surface area contributed by atoms with Gasteiger partial charge in [-0.25, -0.2) is 0 Å². The SMILES string of the molecule is C=CC1/C=C(/c2ccccc2)C/C=C(/c2ccc(-c3cc(C(O)(c4ccccc4)c4ccccc4)cc4c3C(C)(C)c3ccccc3-4)cc2)N=C1c1ccccc1. The first-order valence-corrected chi connectivity index (χ1v) is 19.8. The maximum absolute atomic E-state index is 13.1. The predicted molar refractivity (Wildman–Crippen MR) is 238 cm³/mol. The first-order chi connectivity index (χ1) is 27.9. The lowest BCUT2D eigenvalue weighted by Gasteiger charge is -2.32. The normalized spacial score (nSPS) is 17.7. The number of aliphatic imine (C=N–C) groups is 1. The van der Waals surface area contributed by atoms with Gasteiger partial charge < -0.3 is 5.11 Å². The van der Waals surface area contributed by atoms with Gasteiger partial charge in [0, 0.05) is 11.3 Å². The van der Waals surface area contributed by atoms with Gasteiger partial charge in [0.1, 0.15) is 5.60 Å². The van der Waals surface area contributed by atoms with Gasteiger partial charge in [-0.2, -0.15) is 0 Å². The summed E-state index contributed by atoms with van der Waals surface area (Å²) in [7, 11) is 0. The van der Waals surface area contributed by atoms with Crippen LogP contribution in [0.5, 0.6) is 0 Å². The highest BCUT2D eigenvalue weighted by Gasteiger charge is 2.41. The Morgan fingerprint density at radius 2 is 1.11 bits per heavy atom. The summed E-state index contributed by atoms with van der Waals surface area (Å²) in [6.07, 6.45) is 7.31. The van der Waals surface area contributed by atoms with E-state index in [4.69, 9.17) is 4.99 Å². The van der Waals surface area contributed by atoms with Gasteiger partial charge in [-0.3, -0.25) is 4.99 Å². The highest BCUT2D eigenvalue weighted by molar-refractivity contribution is 6.08. The van der Waals surface area contributed by atoms with Gasteiger partial charge in [0.05, 0.1) is 11.4 Å². The van der Waals surface area contributed by atoms with Gasteiger partial charge in [0.15, 0.2) is 0 Å². The molecule has 57 heavy (non-hydrogen) atoms. The van der Waals surface area contributed by atoms with Gasteiger partial charge >= 0.3 is 0 Å². The zero-order valence-corrected chi connectivity index (χ0v) is 32.4. The van der Waals surface area contributed by atoms with Crippen molar-refractivity contribution in [1.29, 1.82) is 0 Å². The van der Waals surface area contributed by atoms with Crippen LogP contribution >= 0.6 is 0 Å². The molecule has 276 valence electrons. The molecule has 1 N–H and O–H groups in total. The lowest BCUT2D eigenvalue weighted by atomic mass is 9.75. The van der Waals surface area contributed by atoms with E-state index in [9.17, 15) is 5.11 Å². The van der Waals surface area contributed by atoms with E-state index < -0.39 is 5.60 Å². The number of rotatable bonds is 8. The first kappa shape index (κ1) is 36.1. The summed E-state index contributed by atoms with van der Waals surface area (Å²) in [5.74, 6) is -0.0623. The Balaban J connectivity index is 1.22. The molecule has 0 aromatic heterocycles. The molecule has 1 unspecified atom stereocenters. The van der Waals surface area contributed by atoms with E-state index in [0.29, 0.717) is 0 Å². The Morgan fingerprint density at radius 3 is 1.72 bits per heavy atom. The summed E-state index contributed by atoms with van der Waals surface area (Å²) >= 11 is 0. The molecule has 1 aliphatic carbocycles. The number of aliphatic hydroxyl groups is 1.